The number of nitrogen functional groups attached to an aromatic ring is 1. The van der Waals surface area contributed by atoms with Crippen LogP contribution in [0.2, 0.25) is 0 Å². The van der Waals surface area contributed by atoms with Gasteiger partial charge >= 0.3 is 0 Å². The fraction of sp³-hybridized carbons (Fsp3) is 0.353. The molecule has 1 atom stereocenters. The molecule has 1 unspecified atom stereocenters. The molecule has 1 heterocycles. The molecular formula is C17H21N3O. The number of ether oxygens (including phenoxy) is 1. The summed E-state index contributed by atoms with van der Waals surface area (Å²) >= 11 is 0. The van der Waals surface area contributed by atoms with Crippen LogP contribution >= 0.6 is 0 Å². The Morgan fingerprint density at radius 3 is 2.86 bits per heavy atom. The monoisotopic (exact) mass is 283 g/mol. The summed E-state index contributed by atoms with van der Waals surface area (Å²) in [5.41, 5.74) is 9.35. The molecule has 0 saturated carbocycles. The molecule has 1 aliphatic carbocycles. The maximum atomic E-state index is 5.88. The number of fused-ring (bicyclic) bond motifs is 1. The van der Waals surface area contributed by atoms with E-state index in [1.165, 1.54) is 11.1 Å². The normalized spacial score (nSPS) is 16.2. The van der Waals surface area contributed by atoms with Crippen molar-refractivity contribution in [2.24, 2.45) is 0 Å². The minimum Gasteiger partial charge on any atom is -0.473 e. The molecule has 2 aromatic rings. The Hall–Kier alpha value is -2.23. The molecule has 1 aliphatic rings. The topological polar surface area (TPSA) is 60.2 Å². The van der Waals surface area contributed by atoms with Crippen molar-refractivity contribution < 1.29 is 4.74 Å². The Morgan fingerprint density at radius 2 is 2.10 bits per heavy atom. The molecule has 0 bridgehead atoms. The van der Waals surface area contributed by atoms with Gasteiger partial charge in [-0.3, -0.25) is 0 Å². The predicted octanol–water partition coefficient (Wildman–Crippen LogP) is 3.20. The summed E-state index contributed by atoms with van der Waals surface area (Å²) in [6.45, 7) is 4.81. The van der Waals surface area contributed by atoms with E-state index in [1.54, 1.807) is 0 Å². The standard InChI is InChI=1S/C17H21N3O/c1-11(2)21-17-15(18)7-8-16(20-17)19-10-13-9-12-5-3-4-6-14(12)13/h3-8,11,13H,9-10,18H2,1-2H3,(H,19,20). The first-order valence-corrected chi connectivity index (χ1v) is 7.38. The number of aromatic nitrogens is 1. The van der Waals surface area contributed by atoms with Gasteiger partial charge in [-0.25, -0.2) is 0 Å². The van der Waals surface area contributed by atoms with Crippen LogP contribution in [0.1, 0.15) is 30.9 Å². The molecular weight excluding hydrogens is 262 g/mol. The molecule has 0 spiro atoms. The van der Waals surface area contributed by atoms with Crippen molar-refractivity contribution in [3.05, 3.63) is 47.5 Å². The first-order valence-electron chi connectivity index (χ1n) is 7.38. The van der Waals surface area contributed by atoms with E-state index >= 15 is 0 Å². The highest BCUT2D eigenvalue weighted by atomic mass is 16.5. The van der Waals surface area contributed by atoms with Crippen molar-refractivity contribution >= 4 is 11.5 Å². The lowest BCUT2D eigenvalue weighted by molar-refractivity contribution is 0.234. The number of hydrogen-bond acceptors (Lipinski definition) is 4. The Morgan fingerprint density at radius 1 is 1.29 bits per heavy atom. The van der Waals surface area contributed by atoms with Gasteiger partial charge < -0.3 is 15.8 Å². The van der Waals surface area contributed by atoms with Crippen molar-refractivity contribution in [2.75, 3.05) is 17.6 Å². The van der Waals surface area contributed by atoms with Gasteiger partial charge in [0.15, 0.2) is 0 Å². The minimum absolute atomic E-state index is 0.0635. The number of nitrogens with zero attached hydrogens (tertiary/aromatic N) is 1. The van der Waals surface area contributed by atoms with Gasteiger partial charge in [0, 0.05) is 12.5 Å². The predicted molar refractivity (Wildman–Crippen MR) is 85.8 cm³/mol. The largest absolute Gasteiger partial charge is 0.473 e. The molecule has 110 valence electrons. The van der Waals surface area contributed by atoms with Gasteiger partial charge in [0.1, 0.15) is 5.82 Å². The van der Waals surface area contributed by atoms with Crippen LogP contribution in [0.5, 0.6) is 5.88 Å². The van der Waals surface area contributed by atoms with Crippen LogP contribution in [0, 0.1) is 0 Å². The number of pyridine rings is 1. The van der Waals surface area contributed by atoms with Gasteiger partial charge in [0.2, 0.25) is 5.88 Å². The number of nitrogens with two attached hydrogens (primary N) is 1. The van der Waals surface area contributed by atoms with E-state index in [0.29, 0.717) is 17.5 Å². The van der Waals surface area contributed by atoms with E-state index in [-0.39, 0.29) is 6.10 Å². The highest BCUT2D eigenvalue weighted by molar-refractivity contribution is 5.54. The molecule has 4 heteroatoms. The molecule has 0 fully saturated rings. The summed E-state index contributed by atoms with van der Waals surface area (Å²) in [6.07, 6.45) is 1.20. The lowest BCUT2D eigenvalue weighted by Crippen LogP contribution is -2.24. The lowest BCUT2D eigenvalue weighted by atomic mass is 9.77. The fourth-order valence-corrected chi connectivity index (χ4v) is 2.64. The van der Waals surface area contributed by atoms with Crippen LogP contribution in [0.15, 0.2) is 36.4 Å². The Balaban J connectivity index is 1.64. The van der Waals surface area contributed by atoms with Gasteiger partial charge in [0.05, 0.1) is 11.8 Å². The van der Waals surface area contributed by atoms with Gasteiger partial charge in [0.25, 0.3) is 0 Å². The summed E-state index contributed by atoms with van der Waals surface area (Å²) in [4.78, 5) is 4.44. The average Bonchev–Trinajstić information content (AvgIpc) is 2.43. The second-order valence-corrected chi connectivity index (χ2v) is 5.74. The zero-order valence-electron chi connectivity index (χ0n) is 12.5. The molecule has 3 rings (SSSR count). The number of hydrogen-bond donors (Lipinski definition) is 2. The molecule has 1 aromatic heterocycles. The van der Waals surface area contributed by atoms with Gasteiger partial charge in [-0.15, -0.1) is 0 Å². The third-order valence-electron chi connectivity index (χ3n) is 3.73. The summed E-state index contributed by atoms with van der Waals surface area (Å²) in [6, 6.07) is 12.3. The van der Waals surface area contributed by atoms with E-state index in [1.807, 2.05) is 26.0 Å². The maximum absolute atomic E-state index is 5.88. The molecule has 1 aromatic carbocycles. The van der Waals surface area contributed by atoms with Crippen LogP contribution in [0.25, 0.3) is 0 Å². The number of rotatable bonds is 5. The number of anilines is 2. The summed E-state index contributed by atoms with van der Waals surface area (Å²) in [5.74, 6) is 1.88. The first-order chi connectivity index (χ1) is 10.1. The first kappa shape index (κ1) is 13.7. The van der Waals surface area contributed by atoms with Crippen LogP contribution in [-0.4, -0.2) is 17.6 Å². The van der Waals surface area contributed by atoms with Crippen LogP contribution in [0.4, 0.5) is 11.5 Å². The number of nitrogens with one attached hydrogen (secondary N) is 1. The number of benzene rings is 1. The van der Waals surface area contributed by atoms with Crippen molar-refractivity contribution in [1.82, 2.24) is 4.98 Å². The molecule has 0 aliphatic heterocycles. The van der Waals surface area contributed by atoms with Crippen molar-refractivity contribution in [2.45, 2.75) is 32.3 Å². The summed E-state index contributed by atoms with van der Waals surface area (Å²) in [5, 5.41) is 3.38. The van der Waals surface area contributed by atoms with Crippen molar-refractivity contribution in [1.29, 1.82) is 0 Å². The van der Waals surface area contributed by atoms with E-state index in [0.717, 1.165) is 18.8 Å². The van der Waals surface area contributed by atoms with Crippen LogP contribution < -0.4 is 15.8 Å². The van der Waals surface area contributed by atoms with E-state index in [9.17, 15) is 0 Å². The lowest BCUT2D eigenvalue weighted by Gasteiger charge is -2.30. The smallest absolute Gasteiger partial charge is 0.239 e. The zero-order chi connectivity index (χ0) is 14.8. The van der Waals surface area contributed by atoms with Crippen LogP contribution in [-0.2, 0) is 6.42 Å². The van der Waals surface area contributed by atoms with E-state index in [4.69, 9.17) is 10.5 Å². The molecule has 0 radical (unpaired) electrons. The van der Waals surface area contributed by atoms with E-state index < -0.39 is 0 Å². The third kappa shape index (κ3) is 2.94. The Labute approximate surface area is 125 Å². The Kier molecular flexibility index (Phi) is 3.69. The Bertz CT molecular complexity index is 640. The molecule has 21 heavy (non-hydrogen) atoms. The minimum atomic E-state index is 0.0635. The average molecular weight is 283 g/mol. The van der Waals surface area contributed by atoms with Crippen molar-refractivity contribution in [3.8, 4) is 5.88 Å². The highest BCUT2D eigenvalue weighted by Crippen LogP contribution is 2.34. The summed E-state index contributed by atoms with van der Waals surface area (Å²) in [7, 11) is 0. The maximum Gasteiger partial charge on any atom is 0.239 e. The van der Waals surface area contributed by atoms with Gasteiger partial charge in [-0.2, -0.15) is 4.98 Å². The molecule has 0 saturated heterocycles. The van der Waals surface area contributed by atoms with Crippen LogP contribution in [0.3, 0.4) is 0 Å². The van der Waals surface area contributed by atoms with E-state index in [2.05, 4.69) is 34.6 Å². The third-order valence-corrected chi connectivity index (χ3v) is 3.73. The second-order valence-electron chi connectivity index (χ2n) is 5.74. The second kappa shape index (κ2) is 5.64. The summed E-state index contributed by atoms with van der Waals surface area (Å²) < 4.78 is 5.61. The SMILES string of the molecule is CC(C)Oc1nc(NCC2Cc3ccccc32)ccc1N. The van der Waals surface area contributed by atoms with Crippen molar-refractivity contribution in [3.63, 3.8) is 0 Å². The quantitative estimate of drug-likeness (QED) is 0.884. The molecule has 0 amide bonds. The molecule has 3 N–H and O–H groups in total. The fourth-order valence-electron chi connectivity index (χ4n) is 2.64. The van der Waals surface area contributed by atoms with Gasteiger partial charge in [-0.1, -0.05) is 24.3 Å². The highest BCUT2D eigenvalue weighted by Gasteiger charge is 2.24. The van der Waals surface area contributed by atoms with Gasteiger partial charge in [-0.05, 0) is 43.5 Å². The molecule has 4 nitrogen and oxygen atoms in total. The zero-order valence-corrected chi connectivity index (χ0v) is 12.5.